The van der Waals surface area contributed by atoms with Crippen LogP contribution in [-0.4, -0.2) is 47.2 Å². The molecule has 1 amide bonds. The summed E-state index contributed by atoms with van der Waals surface area (Å²) in [5.41, 5.74) is 0.981. The fourth-order valence-electron chi connectivity index (χ4n) is 2.76. The summed E-state index contributed by atoms with van der Waals surface area (Å²) < 4.78 is 16.6. The van der Waals surface area contributed by atoms with Crippen LogP contribution in [0.15, 0.2) is 36.4 Å². The van der Waals surface area contributed by atoms with Crippen LogP contribution in [0.2, 0.25) is 0 Å². The van der Waals surface area contributed by atoms with Gasteiger partial charge in [0.15, 0.2) is 0 Å². The van der Waals surface area contributed by atoms with Crippen molar-refractivity contribution >= 4 is 27.5 Å². The molecule has 0 fully saturated rings. The van der Waals surface area contributed by atoms with Crippen LogP contribution in [0.5, 0.6) is 5.75 Å². The molecule has 24 heavy (non-hydrogen) atoms. The molecule has 0 bridgehead atoms. The van der Waals surface area contributed by atoms with Crippen LogP contribution in [0.25, 0.3) is 10.8 Å². The average molecular weight is 347 g/mol. The standard InChI is InChI=1S/C19H25NO3S/c1-13(12-24(5)22)20(3)19(21)14(2)15-6-7-17-11-18(23-4)9-8-16(17)10-15/h6-11,13-14H,12H2,1-5H3/t13-,14+,24+/m1/s1. The maximum absolute atomic E-state index is 12.7. The maximum atomic E-state index is 12.7. The van der Waals surface area contributed by atoms with Crippen molar-refractivity contribution < 1.29 is 13.7 Å². The molecule has 0 aliphatic heterocycles. The Morgan fingerprint density at radius 1 is 1.17 bits per heavy atom. The number of hydrogen-bond acceptors (Lipinski definition) is 3. The summed E-state index contributed by atoms with van der Waals surface area (Å²) >= 11 is 0. The minimum Gasteiger partial charge on any atom is -0.497 e. The van der Waals surface area contributed by atoms with Crippen LogP contribution in [0.4, 0.5) is 0 Å². The number of fused-ring (bicyclic) bond motifs is 1. The minimum atomic E-state index is -0.918. The van der Waals surface area contributed by atoms with Gasteiger partial charge in [-0.15, -0.1) is 0 Å². The zero-order chi connectivity index (χ0) is 17.9. The maximum Gasteiger partial charge on any atom is 0.229 e. The topological polar surface area (TPSA) is 46.6 Å². The van der Waals surface area contributed by atoms with Crippen molar-refractivity contribution in [3.63, 3.8) is 0 Å². The Hall–Kier alpha value is -1.88. The number of benzene rings is 2. The Kier molecular flexibility index (Phi) is 5.99. The first-order valence-corrected chi connectivity index (χ1v) is 9.70. The molecule has 0 saturated carbocycles. The largest absolute Gasteiger partial charge is 0.497 e. The van der Waals surface area contributed by atoms with E-state index in [9.17, 15) is 9.00 Å². The van der Waals surface area contributed by atoms with Crippen LogP contribution in [0, 0.1) is 0 Å². The highest BCUT2D eigenvalue weighted by atomic mass is 32.2. The number of carbonyl (C=O) groups is 1. The van der Waals surface area contributed by atoms with Crippen molar-refractivity contribution in [2.45, 2.75) is 25.8 Å². The molecule has 0 aliphatic rings. The van der Waals surface area contributed by atoms with E-state index in [2.05, 4.69) is 0 Å². The summed E-state index contributed by atoms with van der Waals surface area (Å²) in [6.07, 6.45) is 1.66. The smallest absolute Gasteiger partial charge is 0.229 e. The van der Waals surface area contributed by atoms with Gasteiger partial charge < -0.3 is 9.64 Å². The van der Waals surface area contributed by atoms with Gasteiger partial charge in [-0.25, -0.2) is 0 Å². The molecule has 2 aromatic rings. The van der Waals surface area contributed by atoms with E-state index in [0.29, 0.717) is 5.75 Å². The Morgan fingerprint density at radius 3 is 2.42 bits per heavy atom. The molecular formula is C19H25NO3S. The highest BCUT2D eigenvalue weighted by Gasteiger charge is 2.23. The molecular weight excluding hydrogens is 322 g/mol. The van der Waals surface area contributed by atoms with Crippen molar-refractivity contribution in [1.29, 1.82) is 0 Å². The molecule has 2 rings (SSSR count). The van der Waals surface area contributed by atoms with Gasteiger partial charge in [0.1, 0.15) is 5.75 Å². The Balaban J connectivity index is 2.22. The first-order valence-electron chi connectivity index (χ1n) is 7.98. The number of amides is 1. The zero-order valence-electron chi connectivity index (χ0n) is 14.9. The minimum absolute atomic E-state index is 0.0424. The monoisotopic (exact) mass is 347 g/mol. The molecule has 0 saturated heterocycles. The highest BCUT2D eigenvalue weighted by Crippen LogP contribution is 2.26. The van der Waals surface area contributed by atoms with E-state index in [4.69, 9.17) is 4.74 Å². The molecule has 5 heteroatoms. The van der Waals surface area contributed by atoms with E-state index in [1.165, 1.54) is 0 Å². The van der Waals surface area contributed by atoms with E-state index in [-0.39, 0.29) is 17.9 Å². The number of rotatable bonds is 6. The third-order valence-corrected chi connectivity index (χ3v) is 5.38. The molecule has 0 N–H and O–H groups in total. The SMILES string of the molecule is COc1ccc2cc([C@H](C)C(=O)N(C)[C@H](C)C[S@](C)=O)ccc2c1. The first kappa shape index (κ1) is 18.5. The van der Waals surface area contributed by atoms with Gasteiger partial charge in [0.2, 0.25) is 5.91 Å². The molecule has 0 unspecified atom stereocenters. The van der Waals surface area contributed by atoms with Crippen molar-refractivity contribution in [2.24, 2.45) is 0 Å². The number of likely N-dealkylation sites (N-methyl/N-ethyl adjacent to an activating group) is 1. The van der Waals surface area contributed by atoms with Crippen molar-refractivity contribution in [3.05, 3.63) is 42.0 Å². The van der Waals surface area contributed by atoms with E-state index in [0.717, 1.165) is 22.1 Å². The van der Waals surface area contributed by atoms with Crippen molar-refractivity contribution in [2.75, 3.05) is 26.2 Å². The molecule has 0 heterocycles. The number of hydrogen-bond donors (Lipinski definition) is 0. The molecule has 0 aliphatic carbocycles. The molecule has 130 valence electrons. The molecule has 4 nitrogen and oxygen atoms in total. The molecule has 3 atom stereocenters. The van der Waals surface area contributed by atoms with Gasteiger partial charge in [-0.2, -0.15) is 0 Å². The lowest BCUT2D eigenvalue weighted by atomic mass is 9.96. The lowest BCUT2D eigenvalue weighted by Gasteiger charge is -2.27. The second kappa shape index (κ2) is 7.79. The van der Waals surface area contributed by atoms with Crippen LogP contribution in [0.3, 0.4) is 0 Å². The fourth-order valence-corrected chi connectivity index (χ4v) is 3.66. The quantitative estimate of drug-likeness (QED) is 0.806. The van der Waals surface area contributed by atoms with E-state index < -0.39 is 10.8 Å². The average Bonchev–Trinajstić information content (AvgIpc) is 2.58. The fraction of sp³-hybridized carbons (Fsp3) is 0.421. The number of nitrogens with zero attached hydrogens (tertiary/aromatic N) is 1. The highest BCUT2D eigenvalue weighted by molar-refractivity contribution is 7.84. The second-order valence-corrected chi connectivity index (χ2v) is 7.71. The van der Waals surface area contributed by atoms with Gasteiger partial charge in [-0.05, 0) is 42.3 Å². The van der Waals surface area contributed by atoms with E-state index >= 15 is 0 Å². The first-order chi connectivity index (χ1) is 11.3. The van der Waals surface area contributed by atoms with E-state index in [1.54, 1.807) is 25.3 Å². The molecule has 0 spiro atoms. The van der Waals surface area contributed by atoms with Gasteiger partial charge in [0, 0.05) is 35.9 Å². The van der Waals surface area contributed by atoms with Gasteiger partial charge in [-0.1, -0.05) is 24.3 Å². The molecule has 0 radical (unpaired) electrons. The Bertz CT molecular complexity index is 759. The van der Waals surface area contributed by atoms with Crippen LogP contribution < -0.4 is 4.74 Å². The normalized spacial score (nSPS) is 14.9. The summed E-state index contributed by atoms with van der Waals surface area (Å²) in [5, 5.41) is 2.17. The van der Waals surface area contributed by atoms with Crippen LogP contribution >= 0.6 is 0 Å². The van der Waals surface area contributed by atoms with Gasteiger partial charge >= 0.3 is 0 Å². The zero-order valence-corrected chi connectivity index (χ0v) is 15.7. The molecule has 0 aromatic heterocycles. The van der Waals surface area contributed by atoms with Crippen molar-refractivity contribution in [3.8, 4) is 5.75 Å². The molecule has 2 aromatic carbocycles. The predicted octanol–water partition coefficient (Wildman–Crippen LogP) is 3.18. The third kappa shape index (κ3) is 4.15. The summed E-state index contributed by atoms with van der Waals surface area (Å²) in [6.45, 7) is 3.85. The van der Waals surface area contributed by atoms with Crippen LogP contribution in [-0.2, 0) is 15.6 Å². The number of carbonyl (C=O) groups excluding carboxylic acids is 1. The lowest BCUT2D eigenvalue weighted by molar-refractivity contribution is -0.132. The third-order valence-electron chi connectivity index (χ3n) is 4.43. The second-order valence-electron chi connectivity index (χ2n) is 6.23. The van der Waals surface area contributed by atoms with Crippen molar-refractivity contribution in [1.82, 2.24) is 4.90 Å². The Labute approximate surface area is 146 Å². The lowest BCUT2D eigenvalue weighted by Crippen LogP contribution is -2.40. The van der Waals surface area contributed by atoms with Gasteiger partial charge in [0.05, 0.1) is 13.0 Å². The van der Waals surface area contributed by atoms with Gasteiger partial charge in [0.25, 0.3) is 0 Å². The summed E-state index contributed by atoms with van der Waals surface area (Å²) in [4.78, 5) is 14.4. The Morgan fingerprint density at radius 2 is 1.79 bits per heavy atom. The summed E-state index contributed by atoms with van der Waals surface area (Å²) in [7, 11) is 2.51. The van der Waals surface area contributed by atoms with Gasteiger partial charge in [-0.3, -0.25) is 9.00 Å². The van der Waals surface area contributed by atoms with E-state index in [1.807, 2.05) is 50.2 Å². The number of ether oxygens (including phenoxy) is 1. The summed E-state index contributed by atoms with van der Waals surface area (Å²) in [5.74, 6) is 1.11. The van der Waals surface area contributed by atoms with Crippen LogP contribution in [0.1, 0.15) is 25.3 Å². The summed E-state index contributed by atoms with van der Waals surface area (Å²) in [6, 6.07) is 11.9. The predicted molar refractivity (Wildman–Crippen MR) is 100 cm³/mol. The number of methoxy groups -OCH3 is 1.